The molecule has 0 spiro atoms. The number of carbonyl (C=O) groups excluding carboxylic acids is 1. The smallest absolute Gasteiger partial charge is 0.303 e. The van der Waals surface area contributed by atoms with Crippen LogP contribution in [0.3, 0.4) is 0 Å². The van der Waals surface area contributed by atoms with Gasteiger partial charge in [-0.05, 0) is 26.8 Å². The molecular weight excluding hydrogens is 248 g/mol. The monoisotopic (exact) mass is 272 g/mol. The molecule has 0 radical (unpaired) electrons. The van der Waals surface area contributed by atoms with Crippen molar-refractivity contribution in [3.05, 3.63) is 11.8 Å². The van der Waals surface area contributed by atoms with E-state index in [1.54, 1.807) is 7.11 Å². The molecule has 0 N–H and O–H groups in total. The molecule has 0 saturated carbocycles. The molecule has 0 aromatic carbocycles. The molecule has 0 aliphatic carbocycles. The van der Waals surface area contributed by atoms with Gasteiger partial charge in [0.1, 0.15) is 12.4 Å². The van der Waals surface area contributed by atoms with Crippen LogP contribution < -0.4 is 0 Å². The minimum absolute atomic E-state index is 0.0955. The second kappa shape index (κ2) is 5.92. The number of ether oxygens (including phenoxy) is 4. The second-order valence-electron chi connectivity index (χ2n) is 5.83. The predicted molar refractivity (Wildman–Crippen MR) is 70.5 cm³/mol. The Kier molecular flexibility index (Phi) is 4.98. The third-order valence-electron chi connectivity index (χ3n) is 2.65. The van der Waals surface area contributed by atoms with Gasteiger partial charge in [0.25, 0.3) is 0 Å². The summed E-state index contributed by atoms with van der Waals surface area (Å²) in [5.41, 5.74) is -0.264. The summed E-state index contributed by atoms with van der Waals surface area (Å²) in [6, 6.07) is 0. The average Bonchev–Trinajstić information content (AvgIpc) is 2.23. The SMILES string of the molecule is CO[C@]1(C)C[C@@H](OC(C)(C)C)C=C(COC(C)=O)O1. The minimum Gasteiger partial charge on any atom is -0.464 e. The average molecular weight is 272 g/mol. The van der Waals surface area contributed by atoms with Crippen LogP contribution in [0, 0.1) is 0 Å². The zero-order chi connectivity index (χ0) is 14.7. The van der Waals surface area contributed by atoms with E-state index in [1.807, 2.05) is 33.8 Å². The van der Waals surface area contributed by atoms with Crippen LogP contribution in [0.25, 0.3) is 0 Å². The van der Waals surface area contributed by atoms with Gasteiger partial charge in [-0.15, -0.1) is 0 Å². The highest BCUT2D eigenvalue weighted by Gasteiger charge is 2.36. The predicted octanol–water partition coefficient (Wildman–Crippen LogP) is 2.40. The lowest BCUT2D eigenvalue weighted by Crippen LogP contribution is -2.42. The van der Waals surface area contributed by atoms with Gasteiger partial charge in [-0.2, -0.15) is 0 Å². The maximum absolute atomic E-state index is 10.9. The lowest BCUT2D eigenvalue weighted by Gasteiger charge is -2.38. The van der Waals surface area contributed by atoms with Crippen molar-refractivity contribution in [2.75, 3.05) is 13.7 Å². The maximum Gasteiger partial charge on any atom is 0.303 e. The molecule has 0 aromatic rings. The van der Waals surface area contributed by atoms with Crippen molar-refractivity contribution in [1.29, 1.82) is 0 Å². The zero-order valence-corrected chi connectivity index (χ0v) is 12.6. The third-order valence-corrected chi connectivity index (χ3v) is 2.65. The number of hydrogen-bond donors (Lipinski definition) is 0. The lowest BCUT2D eigenvalue weighted by atomic mass is 10.0. The second-order valence-corrected chi connectivity index (χ2v) is 5.83. The maximum atomic E-state index is 10.9. The summed E-state index contributed by atoms with van der Waals surface area (Å²) in [4.78, 5) is 10.9. The third kappa shape index (κ3) is 5.61. The van der Waals surface area contributed by atoms with E-state index < -0.39 is 5.79 Å². The first-order valence-electron chi connectivity index (χ1n) is 6.39. The van der Waals surface area contributed by atoms with Crippen molar-refractivity contribution in [1.82, 2.24) is 0 Å². The Hall–Kier alpha value is -1.07. The summed E-state index contributed by atoms with van der Waals surface area (Å²) in [7, 11) is 1.59. The molecular formula is C14H24O5. The summed E-state index contributed by atoms with van der Waals surface area (Å²) >= 11 is 0. The molecule has 0 unspecified atom stereocenters. The molecule has 5 nitrogen and oxygen atoms in total. The summed E-state index contributed by atoms with van der Waals surface area (Å²) in [5, 5.41) is 0. The first-order chi connectivity index (χ1) is 8.63. The normalized spacial score (nSPS) is 27.5. The fraction of sp³-hybridized carbons (Fsp3) is 0.786. The molecule has 0 bridgehead atoms. The standard InChI is InChI=1S/C14H24O5/c1-10(15)17-9-12-7-11(18-13(2,3)4)8-14(5,16-6)19-12/h7,11H,8-9H2,1-6H3/t11-,14-/m0/s1. The number of carbonyl (C=O) groups is 1. The zero-order valence-electron chi connectivity index (χ0n) is 12.6. The molecule has 1 rings (SSSR count). The van der Waals surface area contributed by atoms with E-state index in [9.17, 15) is 4.79 Å². The van der Waals surface area contributed by atoms with Crippen molar-refractivity contribution >= 4 is 5.97 Å². The first-order valence-corrected chi connectivity index (χ1v) is 6.39. The molecule has 110 valence electrons. The van der Waals surface area contributed by atoms with Gasteiger partial charge in [-0.1, -0.05) is 0 Å². The summed E-state index contributed by atoms with van der Waals surface area (Å²) in [6.07, 6.45) is 2.29. The first kappa shape index (κ1) is 16.0. The minimum atomic E-state index is -0.764. The Morgan fingerprint density at radius 1 is 1.53 bits per heavy atom. The van der Waals surface area contributed by atoms with Crippen LogP contribution in [-0.4, -0.2) is 37.2 Å². The summed E-state index contributed by atoms with van der Waals surface area (Å²) in [6.45, 7) is 9.28. The number of hydrogen-bond acceptors (Lipinski definition) is 5. The molecule has 0 fully saturated rings. The Bertz CT molecular complexity index is 355. The molecule has 19 heavy (non-hydrogen) atoms. The van der Waals surface area contributed by atoms with E-state index in [1.165, 1.54) is 6.92 Å². The van der Waals surface area contributed by atoms with Crippen molar-refractivity contribution in [2.24, 2.45) is 0 Å². The lowest BCUT2D eigenvalue weighted by molar-refractivity contribution is -0.224. The fourth-order valence-corrected chi connectivity index (χ4v) is 1.89. The van der Waals surface area contributed by atoms with E-state index >= 15 is 0 Å². The Morgan fingerprint density at radius 3 is 2.63 bits per heavy atom. The molecule has 1 aliphatic rings. The van der Waals surface area contributed by atoms with Crippen LogP contribution in [0.1, 0.15) is 41.0 Å². The topological polar surface area (TPSA) is 54.0 Å². The van der Waals surface area contributed by atoms with E-state index in [4.69, 9.17) is 18.9 Å². The van der Waals surface area contributed by atoms with Crippen LogP contribution in [-0.2, 0) is 23.7 Å². The molecule has 0 amide bonds. The van der Waals surface area contributed by atoms with Gasteiger partial charge in [0.15, 0.2) is 0 Å². The van der Waals surface area contributed by atoms with E-state index in [2.05, 4.69) is 0 Å². The van der Waals surface area contributed by atoms with Gasteiger partial charge >= 0.3 is 5.97 Å². The molecule has 0 aromatic heterocycles. The highest BCUT2D eigenvalue weighted by molar-refractivity contribution is 5.66. The van der Waals surface area contributed by atoms with Gasteiger partial charge in [0, 0.05) is 27.4 Å². The Morgan fingerprint density at radius 2 is 2.16 bits per heavy atom. The van der Waals surface area contributed by atoms with Gasteiger partial charge < -0.3 is 18.9 Å². The van der Waals surface area contributed by atoms with Crippen LogP contribution in [0.5, 0.6) is 0 Å². The van der Waals surface area contributed by atoms with Crippen molar-refractivity contribution in [3.8, 4) is 0 Å². The van der Waals surface area contributed by atoms with Crippen LogP contribution in [0.2, 0.25) is 0 Å². The highest BCUT2D eigenvalue weighted by atomic mass is 16.7. The van der Waals surface area contributed by atoms with Gasteiger partial charge in [0.2, 0.25) is 5.79 Å². The molecule has 1 heterocycles. The van der Waals surface area contributed by atoms with E-state index in [0.29, 0.717) is 12.2 Å². The summed E-state index contributed by atoms with van der Waals surface area (Å²) < 4.78 is 22.0. The van der Waals surface area contributed by atoms with Crippen molar-refractivity contribution in [2.45, 2.75) is 58.5 Å². The van der Waals surface area contributed by atoms with Gasteiger partial charge in [-0.3, -0.25) is 4.79 Å². The van der Waals surface area contributed by atoms with E-state index in [-0.39, 0.29) is 24.3 Å². The van der Waals surface area contributed by atoms with Gasteiger partial charge in [-0.25, -0.2) is 0 Å². The molecule has 1 aliphatic heterocycles. The Labute approximate surface area is 114 Å². The molecule has 0 saturated heterocycles. The Balaban J connectivity index is 2.79. The van der Waals surface area contributed by atoms with Crippen LogP contribution >= 0.6 is 0 Å². The number of esters is 1. The molecule has 5 heteroatoms. The molecule has 2 atom stereocenters. The number of methoxy groups -OCH3 is 1. The fourth-order valence-electron chi connectivity index (χ4n) is 1.89. The number of rotatable bonds is 4. The van der Waals surface area contributed by atoms with Crippen molar-refractivity contribution < 1.29 is 23.7 Å². The van der Waals surface area contributed by atoms with Crippen LogP contribution in [0.15, 0.2) is 11.8 Å². The van der Waals surface area contributed by atoms with Gasteiger partial charge in [0.05, 0.1) is 11.7 Å². The largest absolute Gasteiger partial charge is 0.464 e. The quantitative estimate of drug-likeness (QED) is 0.736. The van der Waals surface area contributed by atoms with Crippen molar-refractivity contribution in [3.63, 3.8) is 0 Å². The summed E-state index contributed by atoms with van der Waals surface area (Å²) in [5.74, 6) is -0.553. The van der Waals surface area contributed by atoms with E-state index in [0.717, 1.165) is 0 Å². The highest BCUT2D eigenvalue weighted by Crippen LogP contribution is 2.31. The van der Waals surface area contributed by atoms with Crippen LogP contribution in [0.4, 0.5) is 0 Å².